The molecule has 0 aromatic heterocycles. The molecule has 0 spiro atoms. The maximum absolute atomic E-state index is 8.75. The van der Waals surface area contributed by atoms with Crippen LogP contribution in [-0.4, -0.2) is 5.11 Å². The summed E-state index contributed by atoms with van der Waals surface area (Å²) >= 11 is 0. The highest BCUT2D eigenvalue weighted by Gasteiger charge is 1.92. The quantitative estimate of drug-likeness (QED) is 0.684. The van der Waals surface area contributed by atoms with Gasteiger partial charge in [-0.3, -0.25) is 0 Å². The fourth-order valence-electron chi connectivity index (χ4n) is 0.929. The Labute approximate surface area is 65.7 Å². The summed E-state index contributed by atoms with van der Waals surface area (Å²) in [5, 5.41) is 17.1. The number of hydrogen-bond acceptors (Lipinski definition) is 2. The predicted octanol–water partition coefficient (Wildman–Crippen LogP) is 1.24. The number of nitrogens with zero attached hydrogens (tertiary/aromatic N) is 1. The Morgan fingerprint density at radius 3 is 2.73 bits per heavy atom. The molecule has 1 aromatic carbocycles. The van der Waals surface area contributed by atoms with Crippen molar-refractivity contribution in [2.24, 2.45) is 0 Å². The minimum Gasteiger partial charge on any atom is -0.392 e. The Hall–Kier alpha value is -1.33. The Morgan fingerprint density at radius 2 is 2.09 bits per heavy atom. The predicted molar refractivity (Wildman–Crippen MR) is 41.7 cm³/mol. The van der Waals surface area contributed by atoms with Crippen molar-refractivity contribution in [2.75, 3.05) is 0 Å². The summed E-state index contributed by atoms with van der Waals surface area (Å²) in [5.41, 5.74) is 1.82. The summed E-state index contributed by atoms with van der Waals surface area (Å²) in [6.07, 6.45) is 0.411. The SMILES string of the molecule is N#CCc1cccc(CO)c1. The van der Waals surface area contributed by atoms with Gasteiger partial charge in [-0.05, 0) is 11.1 Å². The summed E-state index contributed by atoms with van der Waals surface area (Å²) in [5.74, 6) is 0. The van der Waals surface area contributed by atoms with Crippen LogP contribution in [0.3, 0.4) is 0 Å². The zero-order valence-corrected chi connectivity index (χ0v) is 6.12. The third-order valence-electron chi connectivity index (χ3n) is 1.46. The van der Waals surface area contributed by atoms with Crippen molar-refractivity contribution in [3.05, 3.63) is 35.4 Å². The van der Waals surface area contributed by atoms with Gasteiger partial charge >= 0.3 is 0 Å². The average molecular weight is 147 g/mol. The second-order valence-corrected chi connectivity index (χ2v) is 2.31. The summed E-state index contributed by atoms with van der Waals surface area (Å²) in [4.78, 5) is 0. The summed E-state index contributed by atoms with van der Waals surface area (Å²) in [7, 11) is 0. The number of nitriles is 1. The molecule has 0 saturated heterocycles. The number of benzene rings is 1. The highest BCUT2D eigenvalue weighted by molar-refractivity contribution is 5.24. The van der Waals surface area contributed by atoms with Crippen molar-refractivity contribution >= 4 is 0 Å². The molecule has 1 N–H and O–H groups in total. The molecule has 0 aliphatic carbocycles. The zero-order valence-electron chi connectivity index (χ0n) is 6.12. The van der Waals surface area contributed by atoms with Crippen molar-refractivity contribution in [3.63, 3.8) is 0 Å². The molecule has 0 amide bonds. The van der Waals surface area contributed by atoms with Crippen molar-refractivity contribution in [1.29, 1.82) is 5.26 Å². The van der Waals surface area contributed by atoms with Gasteiger partial charge in [-0.15, -0.1) is 0 Å². The van der Waals surface area contributed by atoms with E-state index in [4.69, 9.17) is 10.4 Å². The van der Waals surface area contributed by atoms with Crippen molar-refractivity contribution in [3.8, 4) is 6.07 Å². The smallest absolute Gasteiger partial charge is 0.0681 e. The Kier molecular flexibility index (Phi) is 2.65. The minimum absolute atomic E-state index is 0.0409. The monoisotopic (exact) mass is 147 g/mol. The number of rotatable bonds is 2. The van der Waals surface area contributed by atoms with Gasteiger partial charge in [0, 0.05) is 0 Å². The van der Waals surface area contributed by atoms with E-state index in [-0.39, 0.29) is 6.61 Å². The van der Waals surface area contributed by atoms with Crippen LogP contribution in [0.15, 0.2) is 24.3 Å². The van der Waals surface area contributed by atoms with Gasteiger partial charge in [-0.1, -0.05) is 24.3 Å². The van der Waals surface area contributed by atoms with Crippen LogP contribution in [0.2, 0.25) is 0 Å². The van der Waals surface area contributed by atoms with Gasteiger partial charge in [0.15, 0.2) is 0 Å². The van der Waals surface area contributed by atoms with E-state index in [1.54, 1.807) is 0 Å². The molecule has 11 heavy (non-hydrogen) atoms. The Bertz CT molecular complexity index is 275. The van der Waals surface area contributed by atoms with E-state index >= 15 is 0 Å². The maximum Gasteiger partial charge on any atom is 0.0681 e. The van der Waals surface area contributed by atoms with Crippen molar-refractivity contribution in [1.82, 2.24) is 0 Å². The topological polar surface area (TPSA) is 44.0 Å². The molecular weight excluding hydrogens is 138 g/mol. The molecule has 2 nitrogen and oxygen atoms in total. The molecule has 0 fully saturated rings. The molecule has 0 bridgehead atoms. The van der Waals surface area contributed by atoms with Gasteiger partial charge < -0.3 is 5.11 Å². The summed E-state index contributed by atoms with van der Waals surface area (Å²) in [6, 6.07) is 9.45. The third-order valence-corrected chi connectivity index (χ3v) is 1.46. The second kappa shape index (κ2) is 3.75. The first-order valence-corrected chi connectivity index (χ1v) is 3.42. The van der Waals surface area contributed by atoms with Crippen LogP contribution < -0.4 is 0 Å². The van der Waals surface area contributed by atoms with Crippen LogP contribution in [0.1, 0.15) is 11.1 Å². The lowest BCUT2D eigenvalue weighted by Gasteiger charge is -1.97. The molecule has 0 aliphatic heterocycles. The molecule has 1 rings (SSSR count). The van der Waals surface area contributed by atoms with Gasteiger partial charge in [-0.2, -0.15) is 5.26 Å². The van der Waals surface area contributed by atoms with Gasteiger partial charge in [0.25, 0.3) is 0 Å². The maximum atomic E-state index is 8.75. The molecule has 0 radical (unpaired) electrons. The average Bonchev–Trinajstić information content (AvgIpc) is 2.06. The molecule has 0 atom stereocenters. The molecule has 2 heteroatoms. The van der Waals surface area contributed by atoms with Gasteiger partial charge in [-0.25, -0.2) is 0 Å². The summed E-state index contributed by atoms with van der Waals surface area (Å²) < 4.78 is 0. The van der Waals surface area contributed by atoms with Crippen molar-refractivity contribution < 1.29 is 5.11 Å². The van der Waals surface area contributed by atoms with Gasteiger partial charge in [0.2, 0.25) is 0 Å². The molecule has 1 aromatic rings. The summed E-state index contributed by atoms with van der Waals surface area (Å²) in [6.45, 7) is 0.0409. The van der Waals surface area contributed by atoms with Gasteiger partial charge in [0.1, 0.15) is 0 Å². The van der Waals surface area contributed by atoms with E-state index < -0.39 is 0 Å². The normalized spacial score (nSPS) is 9.09. The van der Waals surface area contributed by atoms with Crippen LogP contribution >= 0.6 is 0 Å². The van der Waals surface area contributed by atoms with Crippen LogP contribution in [-0.2, 0) is 13.0 Å². The number of aliphatic hydroxyl groups is 1. The van der Waals surface area contributed by atoms with Crippen LogP contribution in [0.5, 0.6) is 0 Å². The lowest BCUT2D eigenvalue weighted by molar-refractivity contribution is 0.282. The standard InChI is InChI=1S/C9H9NO/c10-5-4-8-2-1-3-9(6-8)7-11/h1-3,6,11H,4,7H2. The molecule has 0 saturated carbocycles. The highest BCUT2D eigenvalue weighted by Crippen LogP contribution is 2.04. The van der Waals surface area contributed by atoms with Crippen LogP contribution in [0.4, 0.5) is 0 Å². The zero-order chi connectivity index (χ0) is 8.10. The minimum atomic E-state index is 0.0409. The Balaban J connectivity index is 2.84. The number of aliphatic hydroxyl groups excluding tert-OH is 1. The van der Waals surface area contributed by atoms with Gasteiger partial charge in [0.05, 0.1) is 19.1 Å². The molecule has 0 heterocycles. The van der Waals surface area contributed by atoms with Crippen molar-refractivity contribution in [2.45, 2.75) is 13.0 Å². The Morgan fingerprint density at radius 1 is 1.36 bits per heavy atom. The first-order valence-electron chi connectivity index (χ1n) is 3.42. The lowest BCUT2D eigenvalue weighted by Crippen LogP contribution is -1.86. The molecule has 0 unspecified atom stereocenters. The van der Waals surface area contributed by atoms with E-state index in [1.807, 2.05) is 24.3 Å². The van der Waals surface area contributed by atoms with Crippen LogP contribution in [0.25, 0.3) is 0 Å². The lowest BCUT2D eigenvalue weighted by atomic mass is 10.1. The fraction of sp³-hybridized carbons (Fsp3) is 0.222. The van der Waals surface area contributed by atoms with E-state index in [0.717, 1.165) is 11.1 Å². The molecular formula is C9H9NO. The molecule has 0 aliphatic rings. The third kappa shape index (κ3) is 2.06. The van der Waals surface area contributed by atoms with E-state index in [2.05, 4.69) is 6.07 Å². The van der Waals surface area contributed by atoms with Crippen LogP contribution in [0, 0.1) is 11.3 Å². The number of hydrogen-bond donors (Lipinski definition) is 1. The van der Waals surface area contributed by atoms with E-state index in [1.165, 1.54) is 0 Å². The van der Waals surface area contributed by atoms with E-state index in [0.29, 0.717) is 6.42 Å². The largest absolute Gasteiger partial charge is 0.392 e. The van der Waals surface area contributed by atoms with E-state index in [9.17, 15) is 0 Å². The fourth-order valence-corrected chi connectivity index (χ4v) is 0.929. The molecule has 56 valence electrons. The first-order chi connectivity index (χ1) is 5.36. The highest BCUT2D eigenvalue weighted by atomic mass is 16.3. The first kappa shape index (κ1) is 7.77. The second-order valence-electron chi connectivity index (χ2n) is 2.31.